The van der Waals surface area contributed by atoms with Crippen LogP contribution in [0.4, 0.5) is 4.79 Å². The first-order valence-electron chi connectivity index (χ1n) is 8.04. The summed E-state index contributed by atoms with van der Waals surface area (Å²) < 4.78 is 30.8. The SMILES string of the molecule is Cc1ccc(/C=C/S(=O)(=O)NCC(=O)O[C@H](C(=O)NC(N)=O)C(C)C)cc1. The van der Waals surface area contributed by atoms with Gasteiger partial charge in [0.2, 0.25) is 10.0 Å². The van der Waals surface area contributed by atoms with Gasteiger partial charge in [0.1, 0.15) is 6.54 Å². The second-order valence-electron chi connectivity index (χ2n) is 6.09. The Morgan fingerprint density at radius 1 is 1.19 bits per heavy atom. The van der Waals surface area contributed by atoms with Crippen LogP contribution in [-0.4, -0.2) is 39.0 Å². The summed E-state index contributed by atoms with van der Waals surface area (Å²) >= 11 is 0. The monoisotopic (exact) mass is 397 g/mol. The van der Waals surface area contributed by atoms with E-state index in [1.54, 1.807) is 26.0 Å². The molecule has 10 heteroatoms. The number of benzene rings is 1. The van der Waals surface area contributed by atoms with Crippen molar-refractivity contribution < 1.29 is 27.5 Å². The van der Waals surface area contributed by atoms with Crippen molar-refractivity contribution in [2.75, 3.05) is 6.54 Å². The Balaban J connectivity index is 2.63. The van der Waals surface area contributed by atoms with Crippen molar-refractivity contribution in [2.24, 2.45) is 11.7 Å². The maximum Gasteiger partial charge on any atom is 0.321 e. The van der Waals surface area contributed by atoms with Crippen molar-refractivity contribution in [3.8, 4) is 0 Å². The largest absolute Gasteiger partial charge is 0.451 e. The molecule has 1 aromatic rings. The zero-order valence-corrected chi connectivity index (χ0v) is 16.1. The third-order valence-corrected chi connectivity index (χ3v) is 4.34. The highest BCUT2D eigenvalue weighted by Crippen LogP contribution is 2.08. The van der Waals surface area contributed by atoms with Crippen LogP contribution < -0.4 is 15.8 Å². The van der Waals surface area contributed by atoms with Gasteiger partial charge in [-0.2, -0.15) is 0 Å². The van der Waals surface area contributed by atoms with E-state index < -0.39 is 46.5 Å². The van der Waals surface area contributed by atoms with Crippen LogP contribution in [0.3, 0.4) is 0 Å². The van der Waals surface area contributed by atoms with E-state index in [1.165, 1.54) is 6.08 Å². The lowest BCUT2D eigenvalue weighted by atomic mass is 10.1. The fourth-order valence-electron chi connectivity index (χ4n) is 1.92. The number of sulfonamides is 1. The molecule has 0 aliphatic rings. The molecule has 0 radical (unpaired) electrons. The van der Waals surface area contributed by atoms with Crippen LogP contribution in [0.25, 0.3) is 6.08 Å². The zero-order valence-electron chi connectivity index (χ0n) is 15.3. The van der Waals surface area contributed by atoms with Gasteiger partial charge < -0.3 is 10.5 Å². The number of ether oxygens (including phenoxy) is 1. The second-order valence-corrected chi connectivity index (χ2v) is 7.74. The number of urea groups is 1. The molecule has 1 rings (SSSR count). The topological polar surface area (TPSA) is 145 Å². The molecule has 0 saturated heterocycles. The van der Waals surface area contributed by atoms with Gasteiger partial charge >= 0.3 is 12.0 Å². The smallest absolute Gasteiger partial charge is 0.321 e. The number of aryl methyl sites for hydroxylation is 1. The molecule has 1 aromatic carbocycles. The number of nitrogens with one attached hydrogen (secondary N) is 2. The minimum absolute atomic E-state index is 0.452. The number of primary amides is 1. The lowest BCUT2D eigenvalue weighted by Crippen LogP contribution is -2.46. The highest BCUT2D eigenvalue weighted by atomic mass is 32.2. The van der Waals surface area contributed by atoms with Crippen LogP contribution in [0.5, 0.6) is 0 Å². The molecule has 0 spiro atoms. The van der Waals surface area contributed by atoms with Crippen LogP contribution >= 0.6 is 0 Å². The van der Waals surface area contributed by atoms with Gasteiger partial charge in [0.25, 0.3) is 5.91 Å². The number of imide groups is 1. The number of carbonyl (C=O) groups excluding carboxylic acids is 3. The van der Waals surface area contributed by atoms with Gasteiger partial charge in [-0.3, -0.25) is 14.9 Å². The minimum Gasteiger partial charge on any atom is -0.451 e. The van der Waals surface area contributed by atoms with Gasteiger partial charge in [-0.05, 0) is 24.5 Å². The van der Waals surface area contributed by atoms with E-state index in [1.807, 2.05) is 24.4 Å². The highest BCUT2D eigenvalue weighted by Gasteiger charge is 2.27. The Morgan fingerprint density at radius 3 is 2.30 bits per heavy atom. The van der Waals surface area contributed by atoms with E-state index in [-0.39, 0.29) is 0 Å². The molecule has 0 unspecified atom stereocenters. The first kappa shape index (κ1) is 22.3. The Hall–Kier alpha value is -2.72. The van der Waals surface area contributed by atoms with E-state index in [2.05, 4.69) is 4.72 Å². The average Bonchev–Trinajstić information content (AvgIpc) is 2.56. The van der Waals surface area contributed by atoms with Crippen LogP contribution in [0.1, 0.15) is 25.0 Å². The Kier molecular flexibility index (Phi) is 8.13. The Labute approximate surface area is 158 Å². The Bertz CT molecular complexity index is 816. The molecule has 3 amide bonds. The number of hydrogen-bond donors (Lipinski definition) is 3. The van der Waals surface area contributed by atoms with Crippen LogP contribution in [0, 0.1) is 12.8 Å². The van der Waals surface area contributed by atoms with Crippen molar-refractivity contribution in [2.45, 2.75) is 26.9 Å². The summed E-state index contributed by atoms with van der Waals surface area (Å²) in [6.45, 7) is 4.42. The molecule has 27 heavy (non-hydrogen) atoms. The Morgan fingerprint density at radius 2 is 1.78 bits per heavy atom. The molecule has 9 nitrogen and oxygen atoms in total. The van der Waals surface area contributed by atoms with Crippen molar-refractivity contribution in [3.63, 3.8) is 0 Å². The standard InChI is InChI=1S/C17H23N3O6S/c1-11(2)15(16(22)20-17(18)23)26-14(21)10-19-27(24,25)9-8-13-6-4-12(3)5-7-13/h4-9,11,15,19H,10H2,1-3H3,(H3,18,20,22,23)/b9-8+/t15-/m0/s1. The summed E-state index contributed by atoms with van der Waals surface area (Å²) in [4.78, 5) is 34.4. The molecule has 0 fully saturated rings. The van der Waals surface area contributed by atoms with E-state index in [0.29, 0.717) is 5.56 Å². The molecule has 0 heterocycles. The molecular formula is C17H23N3O6S. The van der Waals surface area contributed by atoms with E-state index >= 15 is 0 Å². The van der Waals surface area contributed by atoms with E-state index in [4.69, 9.17) is 10.5 Å². The van der Waals surface area contributed by atoms with Gasteiger partial charge in [-0.1, -0.05) is 43.7 Å². The minimum atomic E-state index is -3.89. The zero-order chi connectivity index (χ0) is 20.6. The third-order valence-electron chi connectivity index (χ3n) is 3.30. The molecule has 0 aromatic heterocycles. The molecule has 4 N–H and O–H groups in total. The predicted octanol–water partition coefficient (Wildman–Crippen LogP) is 0.648. The first-order valence-corrected chi connectivity index (χ1v) is 9.59. The van der Waals surface area contributed by atoms with Gasteiger partial charge in [0, 0.05) is 5.41 Å². The van der Waals surface area contributed by atoms with Crippen molar-refractivity contribution >= 4 is 34.0 Å². The maximum absolute atomic E-state index is 11.9. The van der Waals surface area contributed by atoms with Gasteiger partial charge in [-0.15, -0.1) is 0 Å². The molecule has 0 bridgehead atoms. The lowest BCUT2D eigenvalue weighted by Gasteiger charge is -2.19. The molecular weight excluding hydrogens is 374 g/mol. The van der Waals surface area contributed by atoms with E-state index in [9.17, 15) is 22.8 Å². The van der Waals surface area contributed by atoms with E-state index in [0.717, 1.165) is 11.0 Å². The van der Waals surface area contributed by atoms with Gasteiger partial charge in [0.05, 0.1) is 0 Å². The van der Waals surface area contributed by atoms with Gasteiger partial charge in [-0.25, -0.2) is 17.9 Å². The number of hydrogen-bond acceptors (Lipinski definition) is 6. The lowest BCUT2D eigenvalue weighted by molar-refractivity contribution is -0.157. The fraction of sp³-hybridized carbons (Fsp3) is 0.353. The number of carbonyl (C=O) groups is 3. The summed E-state index contributed by atoms with van der Waals surface area (Å²) in [6, 6.07) is 6.09. The molecule has 0 aliphatic heterocycles. The molecule has 1 atom stereocenters. The fourth-order valence-corrected chi connectivity index (χ4v) is 2.67. The van der Waals surface area contributed by atoms with Crippen LogP contribution in [-0.2, 0) is 24.3 Å². The molecule has 148 valence electrons. The highest BCUT2D eigenvalue weighted by molar-refractivity contribution is 7.92. The third kappa shape index (κ3) is 8.47. The van der Waals surface area contributed by atoms with Crippen molar-refractivity contribution in [1.82, 2.24) is 10.0 Å². The quantitative estimate of drug-likeness (QED) is 0.549. The molecule has 0 aliphatic carbocycles. The number of esters is 1. The number of rotatable bonds is 8. The summed E-state index contributed by atoms with van der Waals surface area (Å²) in [5, 5.41) is 2.74. The summed E-state index contributed by atoms with van der Waals surface area (Å²) in [5.74, 6) is -2.31. The van der Waals surface area contributed by atoms with Crippen LogP contribution in [0.2, 0.25) is 0 Å². The predicted molar refractivity (Wildman–Crippen MR) is 99.6 cm³/mol. The number of nitrogens with two attached hydrogens (primary N) is 1. The number of amides is 3. The molecule has 0 saturated carbocycles. The second kappa shape index (κ2) is 9.83. The first-order chi connectivity index (χ1) is 12.5. The van der Waals surface area contributed by atoms with Crippen LogP contribution in [0.15, 0.2) is 29.7 Å². The summed E-state index contributed by atoms with van der Waals surface area (Å²) in [5.41, 5.74) is 6.57. The summed E-state index contributed by atoms with van der Waals surface area (Å²) in [6.07, 6.45) is 0.0993. The maximum atomic E-state index is 11.9. The van der Waals surface area contributed by atoms with Crippen molar-refractivity contribution in [1.29, 1.82) is 0 Å². The van der Waals surface area contributed by atoms with Gasteiger partial charge in [0.15, 0.2) is 6.10 Å². The normalized spacial score (nSPS) is 12.7. The van der Waals surface area contributed by atoms with Crippen molar-refractivity contribution in [3.05, 3.63) is 40.8 Å². The summed E-state index contributed by atoms with van der Waals surface area (Å²) in [7, 11) is -3.89. The average molecular weight is 397 g/mol.